The van der Waals surface area contributed by atoms with Gasteiger partial charge in [0.2, 0.25) is 0 Å². The van der Waals surface area contributed by atoms with Crippen LogP contribution >= 0.6 is 11.6 Å². The molecule has 0 spiro atoms. The molecule has 0 amide bonds. The van der Waals surface area contributed by atoms with Gasteiger partial charge in [0.25, 0.3) is 0 Å². The van der Waals surface area contributed by atoms with Gasteiger partial charge in [0.15, 0.2) is 0 Å². The molecule has 1 saturated carbocycles. The fourth-order valence-corrected chi connectivity index (χ4v) is 5.42. The summed E-state index contributed by atoms with van der Waals surface area (Å²) < 4.78 is 6.18. The molecule has 0 saturated heterocycles. The molecule has 24 heavy (non-hydrogen) atoms. The first-order valence-electron chi connectivity index (χ1n) is 7.96. The summed E-state index contributed by atoms with van der Waals surface area (Å²) in [5.74, 6) is -0.251. The first-order chi connectivity index (χ1) is 10.9. The van der Waals surface area contributed by atoms with E-state index in [2.05, 4.69) is 0 Å². The summed E-state index contributed by atoms with van der Waals surface area (Å²) in [6.45, 7) is 11.7. The molecule has 130 valence electrons. The van der Waals surface area contributed by atoms with Crippen molar-refractivity contribution < 1.29 is 14.6 Å². The fourth-order valence-electron chi connectivity index (χ4n) is 5.21. The number of carbonyl (C=O) groups is 1. The second kappa shape index (κ2) is 5.67. The molecule has 1 fully saturated rings. The Bertz CT molecular complexity index is 700. The Kier molecular flexibility index (Phi) is 4.39. The lowest BCUT2D eigenvalue weighted by molar-refractivity contribution is -0.240. The topological polar surface area (TPSA) is 70.3 Å². The van der Waals surface area contributed by atoms with Crippen molar-refractivity contribution in [1.29, 1.82) is 5.26 Å². The molecule has 1 aromatic rings. The van der Waals surface area contributed by atoms with Crippen LogP contribution in [0.15, 0.2) is 18.2 Å². The van der Waals surface area contributed by atoms with Crippen LogP contribution in [0.3, 0.4) is 0 Å². The Morgan fingerprint density at radius 3 is 2.25 bits per heavy atom. The van der Waals surface area contributed by atoms with E-state index >= 15 is 0 Å². The maximum atomic E-state index is 11.7. The number of nitrogens with zero attached hydrogens (tertiary/aromatic N) is 1. The summed E-state index contributed by atoms with van der Waals surface area (Å²) in [5.41, 5.74) is -1.08. The molecule has 0 unspecified atom stereocenters. The third-order valence-electron chi connectivity index (χ3n) is 5.43. The molecular weight excluding hydrogens is 326 g/mol. The highest BCUT2D eigenvalue weighted by Crippen LogP contribution is 2.66. The lowest BCUT2D eigenvalue weighted by atomic mass is 9.39. The van der Waals surface area contributed by atoms with E-state index in [0.29, 0.717) is 16.3 Å². The van der Waals surface area contributed by atoms with Crippen molar-refractivity contribution in [3.63, 3.8) is 0 Å². The van der Waals surface area contributed by atoms with Crippen molar-refractivity contribution in [2.45, 2.75) is 47.6 Å². The van der Waals surface area contributed by atoms with E-state index < -0.39 is 11.4 Å². The van der Waals surface area contributed by atoms with Crippen LogP contribution in [-0.2, 0) is 4.79 Å². The highest BCUT2D eigenvalue weighted by molar-refractivity contribution is 6.31. The van der Waals surface area contributed by atoms with Gasteiger partial charge in [-0.05, 0) is 31.9 Å². The maximum absolute atomic E-state index is 11.7. The number of nitriles is 1. The largest absolute Gasteiger partial charge is 0.489 e. The number of hydrogen-bond donors (Lipinski definition) is 1. The standard InChI is InChI=1S/C19H24ClNO3/c1-17(2)14(19(5,6)16(22)23)18(3,4)15(17)24-12-8-7-11(10-21)13(20)9-12/h7-9,14-15H,1-6H3,(H,22,23). The predicted octanol–water partition coefficient (Wildman–Crippen LogP) is 4.75. The molecule has 1 aliphatic rings. The Labute approximate surface area is 148 Å². The van der Waals surface area contributed by atoms with Gasteiger partial charge in [-0.3, -0.25) is 4.79 Å². The van der Waals surface area contributed by atoms with Crippen LogP contribution in [0, 0.1) is 33.5 Å². The normalized spacial score (nSPS) is 24.6. The number of ether oxygens (including phenoxy) is 1. The van der Waals surface area contributed by atoms with Crippen molar-refractivity contribution in [2.24, 2.45) is 22.2 Å². The van der Waals surface area contributed by atoms with Gasteiger partial charge in [0, 0.05) is 16.9 Å². The summed E-state index contributed by atoms with van der Waals surface area (Å²) in [4.78, 5) is 11.7. The molecule has 0 radical (unpaired) electrons. The Hall–Kier alpha value is -1.73. The van der Waals surface area contributed by atoms with E-state index in [4.69, 9.17) is 21.6 Å². The van der Waals surface area contributed by atoms with Gasteiger partial charge in [0.05, 0.1) is 16.0 Å². The number of carboxylic acids is 1. The monoisotopic (exact) mass is 349 g/mol. The average Bonchev–Trinajstić information content (AvgIpc) is 2.43. The van der Waals surface area contributed by atoms with Gasteiger partial charge in [0.1, 0.15) is 17.9 Å². The maximum Gasteiger partial charge on any atom is 0.309 e. The molecule has 0 aliphatic heterocycles. The zero-order chi connectivity index (χ0) is 18.5. The van der Waals surface area contributed by atoms with Crippen LogP contribution in [-0.4, -0.2) is 17.2 Å². The van der Waals surface area contributed by atoms with E-state index in [0.717, 1.165) is 0 Å². The van der Waals surface area contributed by atoms with Gasteiger partial charge in [-0.1, -0.05) is 39.3 Å². The van der Waals surface area contributed by atoms with Crippen molar-refractivity contribution in [3.8, 4) is 11.8 Å². The predicted molar refractivity (Wildman–Crippen MR) is 93.1 cm³/mol. The van der Waals surface area contributed by atoms with Crippen LogP contribution in [0.25, 0.3) is 0 Å². The number of halogens is 1. The third kappa shape index (κ3) is 2.65. The third-order valence-corrected chi connectivity index (χ3v) is 5.74. The molecule has 0 aromatic heterocycles. The van der Waals surface area contributed by atoms with Gasteiger partial charge in [-0.2, -0.15) is 5.26 Å². The number of rotatable bonds is 4. The van der Waals surface area contributed by atoms with Gasteiger partial charge < -0.3 is 9.84 Å². The number of benzene rings is 1. The Balaban J connectivity index is 2.32. The second-order valence-electron chi connectivity index (χ2n) is 8.35. The molecule has 1 aliphatic carbocycles. The van der Waals surface area contributed by atoms with Gasteiger partial charge in [-0.15, -0.1) is 0 Å². The van der Waals surface area contributed by atoms with E-state index in [-0.39, 0.29) is 22.9 Å². The number of hydrogen-bond acceptors (Lipinski definition) is 3. The summed E-state index contributed by atoms with van der Waals surface area (Å²) in [6, 6.07) is 7.03. The molecule has 1 aromatic carbocycles. The lowest BCUT2D eigenvalue weighted by Crippen LogP contribution is -2.70. The first kappa shape index (κ1) is 18.6. The van der Waals surface area contributed by atoms with Crippen LogP contribution in [0.4, 0.5) is 0 Å². The molecular formula is C19H24ClNO3. The van der Waals surface area contributed by atoms with Gasteiger partial charge >= 0.3 is 5.97 Å². The Morgan fingerprint density at radius 1 is 1.29 bits per heavy atom. The molecule has 2 rings (SSSR count). The van der Waals surface area contributed by atoms with Crippen molar-refractivity contribution >= 4 is 17.6 Å². The Morgan fingerprint density at radius 2 is 1.83 bits per heavy atom. The van der Waals surface area contributed by atoms with Crippen molar-refractivity contribution in [2.75, 3.05) is 0 Å². The molecule has 5 heteroatoms. The summed E-state index contributed by atoms with van der Waals surface area (Å²) in [6.07, 6.45) is -0.155. The zero-order valence-electron chi connectivity index (χ0n) is 15.0. The minimum absolute atomic E-state index is 0.0474. The molecule has 0 heterocycles. The van der Waals surface area contributed by atoms with Crippen LogP contribution in [0.1, 0.15) is 47.1 Å². The quantitative estimate of drug-likeness (QED) is 0.851. The summed E-state index contributed by atoms with van der Waals surface area (Å²) in [7, 11) is 0. The minimum Gasteiger partial charge on any atom is -0.489 e. The van der Waals surface area contributed by atoms with Crippen LogP contribution in [0.2, 0.25) is 5.02 Å². The van der Waals surface area contributed by atoms with E-state index in [9.17, 15) is 9.90 Å². The number of carboxylic acid groups (broad SMARTS) is 1. The minimum atomic E-state index is -0.852. The average molecular weight is 350 g/mol. The molecule has 0 atom stereocenters. The zero-order valence-corrected chi connectivity index (χ0v) is 15.7. The van der Waals surface area contributed by atoms with E-state index in [1.54, 1.807) is 32.0 Å². The molecule has 1 N–H and O–H groups in total. The molecule has 0 bridgehead atoms. The highest BCUT2D eigenvalue weighted by Gasteiger charge is 2.69. The van der Waals surface area contributed by atoms with Crippen LogP contribution < -0.4 is 4.74 Å². The lowest BCUT2D eigenvalue weighted by Gasteiger charge is -2.66. The first-order valence-corrected chi connectivity index (χ1v) is 8.34. The van der Waals surface area contributed by atoms with E-state index in [1.165, 1.54) is 0 Å². The summed E-state index contributed by atoms with van der Waals surface area (Å²) >= 11 is 6.08. The summed E-state index contributed by atoms with van der Waals surface area (Å²) in [5, 5.41) is 18.9. The van der Waals surface area contributed by atoms with Crippen molar-refractivity contribution in [3.05, 3.63) is 28.8 Å². The highest BCUT2D eigenvalue weighted by atomic mass is 35.5. The van der Waals surface area contributed by atoms with Crippen LogP contribution in [0.5, 0.6) is 5.75 Å². The second-order valence-corrected chi connectivity index (χ2v) is 8.76. The fraction of sp³-hybridized carbons (Fsp3) is 0.579. The number of aliphatic carboxylic acids is 1. The SMILES string of the molecule is CC(C)(C(=O)O)C1C(C)(C)C(Oc2ccc(C#N)c(Cl)c2)C1(C)C. The van der Waals surface area contributed by atoms with Gasteiger partial charge in [-0.25, -0.2) is 0 Å². The van der Waals surface area contributed by atoms with Crippen molar-refractivity contribution in [1.82, 2.24) is 0 Å². The molecule has 4 nitrogen and oxygen atoms in total. The smallest absolute Gasteiger partial charge is 0.309 e. The van der Waals surface area contributed by atoms with E-state index in [1.807, 2.05) is 33.8 Å².